The molecule has 0 aromatic carbocycles. The van der Waals surface area contributed by atoms with E-state index in [4.69, 9.17) is 5.10 Å². The highest BCUT2D eigenvalue weighted by atomic mass is 15.3. The lowest BCUT2D eigenvalue weighted by molar-refractivity contribution is 0.713. The van der Waals surface area contributed by atoms with Gasteiger partial charge in [-0.25, -0.2) is 14.5 Å². The lowest BCUT2D eigenvalue weighted by Crippen LogP contribution is -2.27. The fraction of sp³-hybridized carbons (Fsp3) is 0.375. The Labute approximate surface area is 134 Å². The molecule has 1 saturated heterocycles. The van der Waals surface area contributed by atoms with Crippen LogP contribution in [0.3, 0.4) is 0 Å². The standard InChI is InChI=1S/C16H19N7/c1-12-3-2-8-22(12)16-5-4-15-20-10-13(23(15)21-16)9-19-14-11-17-6-7-18-14/h4-7,10-12H,2-3,8-9H2,1H3,(H,18,19). The normalized spacial score (nSPS) is 17.8. The molecule has 0 amide bonds. The van der Waals surface area contributed by atoms with Gasteiger partial charge in [-0.1, -0.05) is 0 Å². The van der Waals surface area contributed by atoms with Crippen LogP contribution in [-0.4, -0.2) is 37.2 Å². The van der Waals surface area contributed by atoms with Crippen molar-refractivity contribution in [3.05, 3.63) is 42.6 Å². The maximum absolute atomic E-state index is 4.78. The molecule has 1 fully saturated rings. The van der Waals surface area contributed by atoms with E-state index in [0.29, 0.717) is 12.6 Å². The zero-order valence-corrected chi connectivity index (χ0v) is 13.1. The topological polar surface area (TPSA) is 71.2 Å². The van der Waals surface area contributed by atoms with Gasteiger partial charge in [0.25, 0.3) is 0 Å². The van der Waals surface area contributed by atoms with Crippen LogP contribution in [0.1, 0.15) is 25.5 Å². The molecule has 1 aliphatic rings. The van der Waals surface area contributed by atoms with E-state index in [1.807, 2.05) is 16.8 Å². The van der Waals surface area contributed by atoms with E-state index in [9.17, 15) is 0 Å². The quantitative estimate of drug-likeness (QED) is 0.796. The molecule has 4 rings (SSSR count). The van der Waals surface area contributed by atoms with Gasteiger partial charge in [0.2, 0.25) is 0 Å². The van der Waals surface area contributed by atoms with E-state index >= 15 is 0 Å². The second-order valence-corrected chi connectivity index (χ2v) is 5.84. The zero-order valence-electron chi connectivity index (χ0n) is 13.1. The lowest BCUT2D eigenvalue weighted by Gasteiger charge is -2.22. The minimum Gasteiger partial charge on any atom is -0.363 e. The molecule has 1 N–H and O–H groups in total. The predicted molar refractivity (Wildman–Crippen MR) is 88.4 cm³/mol. The minimum absolute atomic E-state index is 0.546. The van der Waals surface area contributed by atoms with Crippen molar-refractivity contribution in [3.8, 4) is 0 Å². The smallest absolute Gasteiger partial charge is 0.154 e. The van der Waals surface area contributed by atoms with Gasteiger partial charge in [-0.05, 0) is 31.9 Å². The van der Waals surface area contributed by atoms with Crippen LogP contribution < -0.4 is 10.2 Å². The summed E-state index contributed by atoms with van der Waals surface area (Å²) in [6, 6.07) is 4.63. The van der Waals surface area contributed by atoms with Crippen LogP contribution in [0.2, 0.25) is 0 Å². The Morgan fingerprint density at radius 2 is 2.17 bits per heavy atom. The summed E-state index contributed by atoms with van der Waals surface area (Å²) in [7, 11) is 0. The summed E-state index contributed by atoms with van der Waals surface area (Å²) in [5.74, 6) is 1.76. The van der Waals surface area contributed by atoms with Crippen LogP contribution in [0.4, 0.5) is 11.6 Å². The van der Waals surface area contributed by atoms with Crippen molar-refractivity contribution in [1.29, 1.82) is 0 Å². The third kappa shape index (κ3) is 2.69. The molecule has 1 atom stereocenters. The maximum Gasteiger partial charge on any atom is 0.154 e. The summed E-state index contributed by atoms with van der Waals surface area (Å²) in [5.41, 5.74) is 1.86. The predicted octanol–water partition coefficient (Wildman–Crippen LogP) is 2.12. The molecule has 1 unspecified atom stereocenters. The molecule has 0 radical (unpaired) electrons. The monoisotopic (exact) mass is 309 g/mol. The van der Waals surface area contributed by atoms with Crippen molar-refractivity contribution in [3.63, 3.8) is 0 Å². The fourth-order valence-corrected chi connectivity index (χ4v) is 3.03. The third-order valence-corrected chi connectivity index (χ3v) is 4.28. The van der Waals surface area contributed by atoms with Crippen LogP contribution in [-0.2, 0) is 6.54 Å². The third-order valence-electron chi connectivity index (χ3n) is 4.28. The molecule has 0 bridgehead atoms. The van der Waals surface area contributed by atoms with Crippen LogP contribution in [0.25, 0.3) is 5.65 Å². The molecule has 4 heterocycles. The van der Waals surface area contributed by atoms with Gasteiger partial charge in [-0.3, -0.25) is 4.98 Å². The number of nitrogens with one attached hydrogen (secondary N) is 1. The summed E-state index contributed by atoms with van der Waals surface area (Å²) < 4.78 is 1.91. The Bertz CT molecular complexity index is 799. The summed E-state index contributed by atoms with van der Waals surface area (Å²) in [6.07, 6.45) is 9.33. The molecule has 118 valence electrons. The minimum atomic E-state index is 0.546. The Kier molecular flexibility index (Phi) is 3.53. The molecule has 3 aromatic heterocycles. The molecule has 7 nitrogen and oxygen atoms in total. The number of hydrogen-bond acceptors (Lipinski definition) is 6. The Balaban J connectivity index is 1.60. The summed E-state index contributed by atoms with van der Waals surface area (Å²) >= 11 is 0. The van der Waals surface area contributed by atoms with Gasteiger partial charge >= 0.3 is 0 Å². The summed E-state index contributed by atoms with van der Waals surface area (Å²) in [4.78, 5) is 15.1. The molecular formula is C16H19N7. The Hall–Kier alpha value is -2.70. The van der Waals surface area contributed by atoms with Crippen molar-refractivity contribution in [2.75, 3.05) is 16.8 Å². The van der Waals surface area contributed by atoms with E-state index in [-0.39, 0.29) is 0 Å². The lowest BCUT2D eigenvalue weighted by atomic mass is 10.2. The Morgan fingerprint density at radius 3 is 2.96 bits per heavy atom. The summed E-state index contributed by atoms with van der Waals surface area (Å²) in [6.45, 7) is 3.93. The van der Waals surface area contributed by atoms with Gasteiger partial charge in [-0.15, -0.1) is 5.10 Å². The molecular weight excluding hydrogens is 290 g/mol. The first kappa shape index (κ1) is 13.9. The first-order chi connectivity index (χ1) is 11.3. The van der Waals surface area contributed by atoms with Gasteiger partial charge in [0.1, 0.15) is 11.6 Å². The van der Waals surface area contributed by atoms with Crippen molar-refractivity contribution in [2.24, 2.45) is 0 Å². The van der Waals surface area contributed by atoms with Crippen molar-refractivity contribution < 1.29 is 0 Å². The van der Waals surface area contributed by atoms with Crippen LogP contribution in [0, 0.1) is 0 Å². The average Bonchev–Trinajstić information content (AvgIpc) is 3.19. The van der Waals surface area contributed by atoms with E-state index in [2.05, 4.69) is 38.2 Å². The van der Waals surface area contributed by atoms with Gasteiger partial charge in [0.05, 0.1) is 24.6 Å². The number of imidazole rings is 1. The highest BCUT2D eigenvalue weighted by Crippen LogP contribution is 2.23. The average molecular weight is 309 g/mol. The first-order valence-electron chi connectivity index (χ1n) is 7.91. The highest BCUT2D eigenvalue weighted by molar-refractivity contribution is 5.48. The van der Waals surface area contributed by atoms with Gasteiger partial charge < -0.3 is 10.2 Å². The van der Waals surface area contributed by atoms with Crippen molar-refractivity contribution in [2.45, 2.75) is 32.4 Å². The van der Waals surface area contributed by atoms with Crippen molar-refractivity contribution >= 4 is 17.3 Å². The van der Waals surface area contributed by atoms with E-state index in [1.54, 1.807) is 18.6 Å². The molecule has 1 aliphatic heterocycles. The molecule has 0 saturated carbocycles. The number of nitrogens with zero attached hydrogens (tertiary/aromatic N) is 6. The number of fused-ring (bicyclic) bond motifs is 1. The van der Waals surface area contributed by atoms with Gasteiger partial charge in [0.15, 0.2) is 5.65 Å². The van der Waals surface area contributed by atoms with Gasteiger partial charge in [-0.2, -0.15) is 0 Å². The van der Waals surface area contributed by atoms with Crippen molar-refractivity contribution in [1.82, 2.24) is 24.6 Å². The first-order valence-corrected chi connectivity index (χ1v) is 7.91. The van der Waals surface area contributed by atoms with Crippen LogP contribution in [0.5, 0.6) is 0 Å². The second-order valence-electron chi connectivity index (χ2n) is 5.84. The number of hydrogen-bond donors (Lipinski definition) is 1. The van der Waals surface area contributed by atoms with E-state index in [0.717, 1.165) is 29.5 Å². The maximum atomic E-state index is 4.78. The van der Waals surface area contributed by atoms with Crippen LogP contribution >= 0.6 is 0 Å². The zero-order chi connectivity index (χ0) is 15.6. The van der Waals surface area contributed by atoms with Gasteiger partial charge in [0, 0.05) is 25.0 Å². The second kappa shape index (κ2) is 5.83. The number of aromatic nitrogens is 5. The molecule has 3 aromatic rings. The highest BCUT2D eigenvalue weighted by Gasteiger charge is 2.22. The fourth-order valence-electron chi connectivity index (χ4n) is 3.03. The molecule has 0 aliphatic carbocycles. The Morgan fingerprint density at radius 1 is 1.22 bits per heavy atom. The van der Waals surface area contributed by atoms with Crippen LogP contribution in [0.15, 0.2) is 36.9 Å². The molecule has 23 heavy (non-hydrogen) atoms. The molecule has 7 heteroatoms. The van der Waals surface area contributed by atoms with E-state index < -0.39 is 0 Å². The molecule has 0 spiro atoms. The number of anilines is 2. The summed E-state index contributed by atoms with van der Waals surface area (Å²) in [5, 5.41) is 8.03. The SMILES string of the molecule is CC1CCCN1c1ccc2ncc(CNc3cnccn3)n2n1. The van der Waals surface area contributed by atoms with E-state index in [1.165, 1.54) is 12.8 Å². The largest absolute Gasteiger partial charge is 0.363 e. The number of rotatable bonds is 4.